The fraction of sp³-hybridized carbons (Fsp3) is 0.467. The van der Waals surface area contributed by atoms with Crippen molar-refractivity contribution in [2.24, 2.45) is 0 Å². The molecule has 0 bridgehead atoms. The van der Waals surface area contributed by atoms with E-state index in [0.29, 0.717) is 5.92 Å². The summed E-state index contributed by atoms with van der Waals surface area (Å²) >= 11 is 0. The van der Waals surface area contributed by atoms with Crippen LogP contribution in [0.15, 0.2) is 34.9 Å². The quantitative estimate of drug-likeness (QED) is 0.645. The summed E-state index contributed by atoms with van der Waals surface area (Å²) in [5, 5.41) is 1.18. The van der Waals surface area contributed by atoms with Crippen LogP contribution in [0.3, 0.4) is 0 Å². The van der Waals surface area contributed by atoms with Gasteiger partial charge in [0.2, 0.25) is 0 Å². The summed E-state index contributed by atoms with van der Waals surface area (Å²) in [7, 11) is 0. The molecule has 86 valence electrons. The minimum Gasteiger partial charge on any atom is -0.464 e. The summed E-state index contributed by atoms with van der Waals surface area (Å²) in [5.41, 5.74) is 2.32. The first kappa shape index (κ1) is 11.3. The smallest absolute Gasteiger partial charge is 0.134 e. The maximum atomic E-state index is 5.31. The first-order valence-corrected chi connectivity index (χ1v) is 6.24. The zero-order chi connectivity index (χ0) is 11.4. The van der Waals surface area contributed by atoms with Crippen molar-refractivity contribution in [2.75, 3.05) is 0 Å². The van der Waals surface area contributed by atoms with Crippen LogP contribution in [0.5, 0.6) is 0 Å². The van der Waals surface area contributed by atoms with E-state index in [9.17, 15) is 0 Å². The summed E-state index contributed by atoms with van der Waals surface area (Å²) < 4.78 is 5.31. The van der Waals surface area contributed by atoms with E-state index in [1.54, 1.807) is 6.26 Å². The molecule has 1 aliphatic carbocycles. The van der Waals surface area contributed by atoms with E-state index in [2.05, 4.69) is 32.0 Å². The van der Waals surface area contributed by atoms with Crippen molar-refractivity contribution in [1.29, 1.82) is 0 Å². The third kappa shape index (κ3) is 2.66. The van der Waals surface area contributed by atoms with Gasteiger partial charge in [-0.25, -0.2) is 0 Å². The molecule has 0 N–H and O–H groups in total. The van der Waals surface area contributed by atoms with Gasteiger partial charge in [-0.2, -0.15) is 0 Å². The molecule has 1 fully saturated rings. The second-order valence-electron chi connectivity index (χ2n) is 4.79. The predicted molar refractivity (Wildman–Crippen MR) is 68.8 cm³/mol. The summed E-state index contributed by atoms with van der Waals surface area (Å²) in [6.07, 6.45) is 7.73. The van der Waals surface area contributed by atoms with Crippen LogP contribution in [0.2, 0.25) is 0 Å². The van der Waals surface area contributed by atoms with Gasteiger partial charge in [0, 0.05) is 5.39 Å². The van der Waals surface area contributed by atoms with Crippen molar-refractivity contribution in [3.63, 3.8) is 0 Å². The Morgan fingerprint density at radius 2 is 1.69 bits per heavy atom. The van der Waals surface area contributed by atoms with Gasteiger partial charge in [-0.05, 0) is 23.6 Å². The van der Waals surface area contributed by atoms with E-state index < -0.39 is 0 Å². The number of hydrogen-bond donors (Lipinski definition) is 0. The predicted octanol–water partition coefficient (Wildman–Crippen LogP) is 5.12. The fourth-order valence-corrected chi connectivity index (χ4v) is 1.58. The zero-order valence-corrected chi connectivity index (χ0v) is 10.2. The number of furan rings is 1. The van der Waals surface area contributed by atoms with Gasteiger partial charge >= 0.3 is 0 Å². The van der Waals surface area contributed by atoms with E-state index in [0.717, 1.165) is 5.58 Å². The molecule has 0 amide bonds. The summed E-state index contributed by atoms with van der Waals surface area (Å²) in [6, 6.07) is 8.36. The normalized spacial score (nSPS) is 14.4. The first-order chi connectivity index (χ1) is 7.77. The molecule has 1 aromatic heterocycles. The maximum absolute atomic E-state index is 5.31. The molecule has 0 saturated heterocycles. The molecular weight excluding hydrogens is 196 g/mol. The van der Waals surface area contributed by atoms with Gasteiger partial charge in [-0.1, -0.05) is 51.7 Å². The van der Waals surface area contributed by atoms with Crippen LogP contribution in [-0.4, -0.2) is 0 Å². The minimum atomic E-state index is 0.569. The molecular formula is C15H20O. The third-order valence-electron chi connectivity index (χ3n) is 3.15. The van der Waals surface area contributed by atoms with Gasteiger partial charge in [-0.3, -0.25) is 0 Å². The van der Waals surface area contributed by atoms with Gasteiger partial charge in [0.15, 0.2) is 0 Å². The molecule has 1 nitrogen and oxygen atoms in total. The molecule has 1 heterocycles. The Bertz CT molecular complexity index is 431. The highest BCUT2D eigenvalue weighted by atomic mass is 16.3. The minimum absolute atomic E-state index is 0.569. The Balaban J connectivity index is 0.000000203. The van der Waals surface area contributed by atoms with Crippen molar-refractivity contribution in [1.82, 2.24) is 0 Å². The lowest BCUT2D eigenvalue weighted by Crippen LogP contribution is -1.85. The Morgan fingerprint density at radius 1 is 1.00 bits per heavy atom. The van der Waals surface area contributed by atoms with Gasteiger partial charge < -0.3 is 4.42 Å². The molecule has 0 aliphatic heterocycles. The van der Waals surface area contributed by atoms with E-state index in [4.69, 9.17) is 4.42 Å². The molecule has 0 radical (unpaired) electrons. The number of hydrogen-bond acceptors (Lipinski definition) is 1. The van der Waals surface area contributed by atoms with E-state index in [-0.39, 0.29) is 0 Å². The SMILES string of the molecule is C1CCC1.CC(C)c1ccc2ccoc2c1. The molecule has 1 saturated carbocycles. The van der Waals surface area contributed by atoms with Gasteiger partial charge in [-0.15, -0.1) is 0 Å². The molecule has 1 heteroatoms. The van der Waals surface area contributed by atoms with E-state index in [1.807, 2.05) is 6.07 Å². The Labute approximate surface area is 97.5 Å². The average Bonchev–Trinajstić information content (AvgIpc) is 2.60. The highest BCUT2D eigenvalue weighted by molar-refractivity contribution is 5.77. The van der Waals surface area contributed by atoms with Crippen LogP contribution in [-0.2, 0) is 0 Å². The van der Waals surface area contributed by atoms with Crippen LogP contribution in [0.4, 0.5) is 0 Å². The lowest BCUT2D eigenvalue weighted by Gasteiger charge is -2.05. The largest absolute Gasteiger partial charge is 0.464 e. The van der Waals surface area contributed by atoms with Gasteiger partial charge in [0.1, 0.15) is 5.58 Å². The molecule has 1 aliphatic rings. The molecule has 16 heavy (non-hydrogen) atoms. The lowest BCUT2D eigenvalue weighted by atomic mass is 10.0. The second-order valence-corrected chi connectivity index (χ2v) is 4.79. The van der Waals surface area contributed by atoms with Crippen LogP contribution in [0.1, 0.15) is 51.0 Å². The van der Waals surface area contributed by atoms with Crippen LogP contribution < -0.4 is 0 Å². The Hall–Kier alpha value is -1.24. The fourth-order valence-electron chi connectivity index (χ4n) is 1.58. The van der Waals surface area contributed by atoms with Gasteiger partial charge in [0.05, 0.1) is 6.26 Å². The highest BCUT2D eigenvalue weighted by Crippen LogP contribution is 2.21. The van der Waals surface area contributed by atoms with E-state index in [1.165, 1.54) is 36.6 Å². The Kier molecular flexibility index (Phi) is 3.66. The van der Waals surface area contributed by atoms with Crippen molar-refractivity contribution in [2.45, 2.75) is 45.4 Å². The zero-order valence-electron chi connectivity index (χ0n) is 10.2. The molecule has 1 aromatic carbocycles. The topological polar surface area (TPSA) is 13.1 Å². The molecule has 3 rings (SSSR count). The summed E-state index contributed by atoms with van der Waals surface area (Å²) in [4.78, 5) is 0. The van der Waals surface area contributed by atoms with Crippen LogP contribution in [0, 0.1) is 0 Å². The second kappa shape index (κ2) is 5.20. The van der Waals surface area contributed by atoms with E-state index >= 15 is 0 Å². The van der Waals surface area contributed by atoms with Gasteiger partial charge in [0.25, 0.3) is 0 Å². The summed E-state index contributed by atoms with van der Waals surface area (Å²) in [5.74, 6) is 0.569. The highest BCUT2D eigenvalue weighted by Gasteiger charge is 2.01. The van der Waals surface area contributed by atoms with Crippen molar-refractivity contribution in [3.05, 3.63) is 36.1 Å². The number of rotatable bonds is 1. The third-order valence-corrected chi connectivity index (χ3v) is 3.15. The average molecular weight is 216 g/mol. The number of benzene rings is 1. The first-order valence-electron chi connectivity index (χ1n) is 6.24. The Morgan fingerprint density at radius 3 is 2.25 bits per heavy atom. The number of fused-ring (bicyclic) bond motifs is 1. The lowest BCUT2D eigenvalue weighted by molar-refractivity contribution is 0.504. The molecule has 0 spiro atoms. The molecule has 0 unspecified atom stereocenters. The van der Waals surface area contributed by atoms with Crippen molar-refractivity contribution < 1.29 is 4.42 Å². The standard InChI is InChI=1S/C11H12O.C4H8/c1-8(2)10-4-3-9-5-6-12-11(9)7-10;1-2-4-3-1/h3-8H,1-2H3;1-4H2. The van der Waals surface area contributed by atoms with Crippen molar-refractivity contribution >= 4 is 11.0 Å². The summed E-state index contributed by atoms with van der Waals surface area (Å²) in [6.45, 7) is 4.37. The monoisotopic (exact) mass is 216 g/mol. The van der Waals surface area contributed by atoms with Crippen molar-refractivity contribution in [3.8, 4) is 0 Å². The van der Waals surface area contributed by atoms with Crippen LogP contribution in [0.25, 0.3) is 11.0 Å². The molecule has 2 aromatic rings. The molecule has 0 atom stereocenters. The maximum Gasteiger partial charge on any atom is 0.134 e. The van der Waals surface area contributed by atoms with Crippen LogP contribution >= 0.6 is 0 Å².